The Labute approximate surface area is 320 Å². The molecule has 0 nitrogen and oxygen atoms in total. The Hall–Kier alpha value is -1.48. The average Bonchev–Trinajstić information content (AvgIpc) is 3.66. The molecular weight excluding hydrogens is 814 g/mol. The van der Waals surface area contributed by atoms with Crippen molar-refractivity contribution >= 4 is 56.6 Å². The molecule has 0 saturated carbocycles. The minimum atomic E-state index is 0. The van der Waals surface area contributed by atoms with Gasteiger partial charge in [0.05, 0.1) is 0 Å². The molecule has 0 atom stereocenters. The maximum absolute atomic E-state index is 3.61. The molecule has 0 heterocycles. The molecule has 5 aromatic rings. The van der Waals surface area contributed by atoms with E-state index in [-0.39, 0.29) is 35.6 Å². The number of hydrogen-bond acceptors (Lipinski definition) is 0. The van der Waals surface area contributed by atoms with Crippen molar-refractivity contribution in [2.45, 2.75) is 71.6 Å². The Morgan fingerprint density at radius 3 is 1.46 bits per heavy atom. The van der Waals surface area contributed by atoms with Crippen LogP contribution in [-0.2, 0) is 47.9 Å². The summed E-state index contributed by atoms with van der Waals surface area (Å²) in [6.07, 6.45) is 12.1. The van der Waals surface area contributed by atoms with Crippen LogP contribution in [0.25, 0.3) is 21.5 Å². The second kappa shape index (κ2) is 18.3. The molecule has 0 saturated heterocycles. The maximum Gasteiger partial charge on any atom is -0.0145 e. The Kier molecular flexibility index (Phi) is 16.2. The SMILES string of the molecule is Brc1ccccc1C[C](=[Zr+2])Cc1ccccc1Br.CC(C)(C)c1ccc2[cH-]c3ccc(C(C)(C)C)cc3c2c1.[C-]1=CC=CC1.[Cl-].[Cl-]. The third-order valence-electron chi connectivity index (χ3n) is 7.75. The molecule has 0 radical (unpaired) electrons. The predicted octanol–water partition coefficient (Wildman–Crippen LogP) is 6.34. The van der Waals surface area contributed by atoms with Crippen LogP contribution in [0.1, 0.15) is 70.2 Å². The molecule has 0 N–H and O–H groups in total. The molecule has 0 fully saturated rings. The van der Waals surface area contributed by atoms with E-state index in [2.05, 4.69) is 177 Å². The zero-order chi connectivity index (χ0) is 31.9. The van der Waals surface area contributed by atoms with E-state index in [9.17, 15) is 0 Å². The van der Waals surface area contributed by atoms with Crippen LogP contribution >= 0.6 is 31.9 Å². The van der Waals surface area contributed by atoms with Crippen molar-refractivity contribution < 1.29 is 49.0 Å². The van der Waals surface area contributed by atoms with Crippen LogP contribution in [-0.4, -0.2) is 3.21 Å². The van der Waals surface area contributed by atoms with Crippen LogP contribution in [0.15, 0.2) is 118 Å². The van der Waals surface area contributed by atoms with E-state index in [4.69, 9.17) is 0 Å². The number of allylic oxidation sites excluding steroid dienone is 4. The molecule has 6 rings (SSSR count). The van der Waals surface area contributed by atoms with Crippen molar-refractivity contribution in [3.05, 3.63) is 146 Å². The number of hydrogen-bond donors (Lipinski definition) is 0. The van der Waals surface area contributed by atoms with Crippen LogP contribution < -0.4 is 24.8 Å². The monoisotopic (exact) mass is 852 g/mol. The van der Waals surface area contributed by atoms with Crippen LogP contribution in [0.2, 0.25) is 0 Å². The van der Waals surface area contributed by atoms with Crippen LogP contribution in [0.5, 0.6) is 0 Å². The van der Waals surface area contributed by atoms with E-state index in [1.807, 2.05) is 12.2 Å². The zero-order valence-corrected chi connectivity index (χ0v) is 34.7. The molecule has 0 aliphatic heterocycles. The third-order valence-corrected chi connectivity index (χ3v) is 10.2. The van der Waals surface area contributed by atoms with Gasteiger partial charge in [-0.1, -0.05) is 76.9 Å². The van der Waals surface area contributed by atoms with Crippen molar-refractivity contribution in [2.24, 2.45) is 0 Å². The topological polar surface area (TPSA) is 0 Å². The first kappa shape index (κ1) is 40.7. The molecule has 0 amide bonds. The first-order valence-corrected chi connectivity index (χ1v) is 18.0. The molecule has 1 aliphatic rings. The Balaban J connectivity index is 0.000000270. The zero-order valence-electron chi connectivity index (χ0n) is 27.5. The normalized spacial score (nSPS) is 12.0. The second-order valence-corrected chi connectivity index (χ2v) is 16.8. The van der Waals surface area contributed by atoms with Gasteiger partial charge >= 0.3 is 141 Å². The summed E-state index contributed by atoms with van der Waals surface area (Å²) in [6, 6.07) is 33.1. The molecule has 46 heavy (non-hydrogen) atoms. The predicted molar refractivity (Wildman–Crippen MR) is 197 cm³/mol. The summed E-state index contributed by atoms with van der Waals surface area (Å²) < 4.78 is 3.97. The third kappa shape index (κ3) is 11.6. The van der Waals surface area contributed by atoms with Crippen LogP contribution in [0.3, 0.4) is 0 Å². The van der Waals surface area contributed by atoms with Gasteiger partial charge in [-0.3, -0.25) is 6.08 Å². The quantitative estimate of drug-likeness (QED) is 0.186. The van der Waals surface area contributed by atoms with E-state index in [0.29, 0.717) is 0 Å². The van der Waals surface area contributed by atoms with E-state index in [1.165, 1.54) is 77.0 Å². The van der Waals surface area contributed by atoms with Gasteiger partial charge in [-0.25, -0.2) is 12.2 Å². The molecular formula is C41H42Br2Cl2Zr-2. The molecule has 5 heteroatoms. The van der Waals surface area contributed by atoms with E-state index >= 15 is 0 Å². The Morgan fingerprint density at radius 2 is 1.13 bits per heavy atom. The van der Waals surface area contributed by atoms with Crippen molar-refractivity contribution in [1.82, 2.24) is 0 Å². The van der Waals surface area contributed by atoms with Crippen molar-refractivity contribution in [3.63, 3.8) is 0 Å². The summed E-state index contributed by atoms with van der Waals surface area (Å²) in [6.45, 7) is 13.7. The first-order chi connectivity index (χ1) is 20.8. The number of benzene rings is 4. The Bertz CT molecular complexity index is 1670. The largest absolute Gasteiger partial charge is 1.00 e. The van der Waals surface area contributed by atoms with E-state index in [0.717, 1.165) is 19.3 Å². The standard InChI is InChI=1S/C21H25.C15H12Br2.C5H5.2ClH.Zr/c1-20(2,3)16-9-7-14-11-15-8-10-17(21(4,5)6)13-19(15)18(14)12-16;16-14-10-3-1-6-12(14)8-5-9-13-7-2-4-11-15(13)17;1-2-4-5-3-1;;;/h7-13H,1-6H3;1-4,6-7,10-11H,8-9H2;1-3H,4H2;2*1H;/q-1;;-1;;;+2/p-2. The number of fused-ring (bicyclic) bond motifs is 3. The molecule has 5 aromatic carbocycles. The molecule has 0 bridgehead atoms. The number of rotatable bonds is 4. The van der Waals surface area contributed by atoms with Crippen molar-refractivity contribution in [2.75, 3.05) is 0 Å². The number of halogens is 4. The molecule has 240 valence electrons. The van der Waals surface area contributed by atoms with Crippen LogP contribution in [0.4, 0.5) is 0 Å². The van der Waals surface area contributed by atoms with Gasteiger partial charge in [-0.15, -0.1) is 46.2 Å². The van der Waals surface area contributed by atoms with Crippen molar-refractivity contribution in [3.8, 4) is 0 Å². The maximum atomic E-state index is 3.61. The second-order valence-electron chi connectivity index (χ2n) is 13.4. The fraction of sp³-hybridized carbons (Fsp3) is 0.268. The minimum Gasteiger partial charge on any atom is -1.00 e. The summed E-state index contributed by atoms with van der Waals surface area (Å²) in [5.41, 5.74) is 5.94. The van der Waals surface area contributed by atoms with Crippen molar-refractivity contribution in [1.29, 1.82) is 0 Å². The summed E-state index contributed by atoms with van der Waals surface area (Å²) in [5, 5.41) is 5.49. The molecule has 0 unspecified atom stereocenters. The minimum absolute atomic E-state index is 0. The fourth-order valence-electron chi connectivity index (χ4n) is 5.08. The van der Waals surface area contributed by atoms with Gasteiger partial charge in [0, 0.05) is 0 Å². The van der Waals surface area contributed by atoms with Gasteiger partial charge in [0.25, 0.3) is 0 Å². The Morgan fingerprint density at radius 1 is 0.696 bits per heavy atom. The summed E-state index contributed by atoms with van der Waals surface area (Å²) in [5.74, 6) is 0. The van der Waals surface area contributed by atoms with Gasteiger partial charge in [-0.2, -0.15) is 6.08 Å². The summed E-state index contributed by atoms with van der Waals surface area (Å²) in [7, 11) is 0. The summed E-state index contributed by atoms with van der Waals surface area (Å²) >= 11 is 8.74. The molecule has 0 aromatic heterocycles. The van der Waals surface area contributed by atoms with Gasteiger partial charge in [0.2, 0.25) is 0 Å². The van der Waals surface area contributed by atoms with Crippen LogP contribution in [0, 0.1) is 6.08 Å². The van der Waals surface area contributed by atoms with E-state index in [1.54, 1.807) is 3.21 Å². The average molecular weight is 857 g/mol. The first-order valence-electron chi connectivity index (χ1n) is 15.2. The van der Waals surface area contributed by atoms with Gasteiger partial charge < -0.3 is 24.8 Å². The fourth-order valence-corrected chi connectivity index (χ4v) is 6.86. The van der Waals surface area contributed by atoms with Gasteiger partial charge in [-0.05, 0) is 10.8 Å². The van der Waals surface area contributed by atoms with Gasteiger partial charge in [0.1, 0.15) is 0 Å². The van der Waals surface area contributed by atoms with E-state index < -0.39 is 0 Å². The smallest absolute Gasteiger partial charge is 0.0145 e. The molecule has 1 aliphatic carbocycles. The van der Waals surface area contributed by atoms with Gasteiger partial charge in [0.15, 0.2) is 0 Å². The summed E-state index contributed by atoms with van der Waals surface area (Å²) in [4.78, 5) is 0. The molecule has 0 spiro atoms.